The average Bonchev–Trinajstić information content (AvgIpc) is 2.53. The van der Waals surface area contributed by atoms with E-state index in [1.165, 1.54) is 37.3 Å². The third-order valence-electron chi connectivity index (χ3n) is 2.88. The summed E-state index contributed by atoms with van der Waals surface area (Å²) in [7, 11) is 0. The Bertz CT molecular complexity index is 744. The Balaban J connectivity index is 1.95. The lowest BCUT2D eigenvalue weighted by atomic mass is 10.2. The summed E-state index contributed by atoms with van der Waals surface area (Å²) < 4.78 is 13.4. The maximum atomic E-state index is 13.4. The van der Waals surface area contributed by atoms with Crippen molar-refractivity contribution in [3.63, 3.8) is 0 Å². The van der Waals surface area contributed by atoms with Crippen molar-refractivity contribution >= 4 is 23.4 Å². The van der Waals surface area contributed by atoms with Crippen molar-refractivity contribution in [2.75, 3.05) is 5.32 Å². The molecule has 0 unspecified atom stereocenters. The number of anilines is 1. The molecule has 0 aromatic heterocycles. The highest BCUT2D eigenvalue weighted by molar-refractivity contribution is 5.99. The van der Waals surface area contributed by atoms with Crippen molar-refractivity contribution in [3.8, 4) is 0 Å². The Morgan fingerprint density at radius 3 is 2.09 bits per heavy atom. The zero-order valence-corrected chi connectivity index (χ0v) is 12.2. The van der Waals surface area contributed by atoms with Crippen LogP contribution < -0.4 is 16.2 Å². The Labute approximate surface area is 131 Å². The highest BCUT2D eigenvalue weighted by atomic mass is 19.1. The van der Waals surface area contributed by atoms with E-state index in [2.05, 4.69) is 16.2 Å². The van der Waals surface area contributed by atoms with Crippen LogP contribution in [0.4, 0.5) is 10.1 Å². The zero-order chi connectivity index (χ0) is 16.8. The van der Waals surface area contributed by atoms with Crippen LogP contribution in [0.2, 0.25) is 0 Å². The lowest BCUT2D eigenvalue weighted by molar-refractivity contribution is -0.114. The summed E-state index contributed by atoms with van der Waals surface area (Å²) in [5.41, 5.74) is 4.97. The summed E-state index contributed by atoms with van der Waals surface area (Å²) in [4.78, 5) is 34.6. The number of carbonyl (C=O) groups excluding carboxylic acids is 3. The Hall–Kier alpha value is -3.22. The molecule has 7 heteroatoms. The van der Waals surface area contributed by atoms with E-state index in [0.717, 1.165) is 6.07 Å². The molecule has 0 saturated heterocycles. The summed E-state index contributed by atoms with van der Waals surface area (Å²) in [6.45, 7) is 1.37. The van der Waals surface area contributed by atoms with Gasteiger partial charge in [-0.25, -0.2) is 4.39 Å². The minimum Gasteiger partial charge on any atom is -0.326 e. The van der Waals surface area contributed by atoms with E-state index >= 15 is 0 Å². The van der Waals surface area contributed by atoms with Crippen LogP contribution in [0, 0.1) is 5.82 Å². The van der Waals surface area contributed by atoms with Gasteiger partial charge in [0.15, 0.2) is 0 Å². The lowest BCUT2D eigenvalue weighted by Gasteiger charge is -2.08. The van der Waals surface area contributed by atoms with Crippen LogP contribution in [0.15, 0.2) is 48.5 Å². The minimum absolute atomic E-state index is 0.172. The highest BCUT2D eigenvalue weighted by Gasteiger charge is 2.12. The molecular weight excluding hydrogens is 301 g/mol. The summed E-state index contributed by atoms with van der Waals surface area (Å²) in [6, 6.07) is 11.5. The van der Waals surface area contributed by atoms with Gasteiger partial charge in [-0.15, -0.1) is 0 Å². The van der Waals surface area contributed by atoms with E-state index in [1.54, 1.807) is 12.1 Å². The van der Waals surface area contributed by atoms with Gasteiger partial charge in [0.25, 0.3) is 11.8 Å². The first-order chi connectivity index (χ1) is 11.0. The third-order valence-corrected chi connectivity index (χ3v) is 2.88. The predicted molar refractivity (Wildman–Crippen MR) is 82.1 cm³/mol. The molecule has 0 spiro atoms. The smallest absolute Gasteiger partial charge is 0.272 e. The number of hydrazine groups is 1. The third kappa shape index (κ3) is 4.37. The molecule has 118 valence electrons. The van der Waals surface area contributed by atoms with Gasteiger partial charge in [-0.1, -0.05) is 12.1 Å². The van der Waals surface area contributed by atoms with Crippen LogP contribution >= 0.6 is 0 Å². The maximum Gasteiger partial charge on any atom is 0.272 e. The number of nitrogens with one attached hydrogen (secondary N) is 3. The summed E-state index contributed by atoms with van der Waals surface area (Å²) in [5, 5.41) is 2.57. The van der Waals surface area contributed by atoms with Gasteiger partial charge in [-0.05, 0) is 36.4 Å². The normalized spacial score (nSPS) is 9.83. The Morgan fingerprint density at radius 1 is 0.870 bits per heavy atom. The van der Waals surface area contributed by atoms with Crippen LogP contribution in [-0.2, 0) is 4.79 Å². The topological polar surface area (TPSA) is 87.3 Å². The van der Waals surface area contributed by atoms with Gasteiger partial charge in [-0.2, -0.15) is 0 Å². The highest BCUT2D eigenvalue weighted by Crippen LogP contribution is 2.09. The molecule has 6 nitrogen and oxygen atoms in total. The van der Waals surface area contributed by atoms with Gasteiger partial charge in [-0.3, -0.25) is 25.2 Å². The molecule has 23 heavy (non-hydrogen) atoms. The van der Waals surface area contributed by atoms with Crippen molar-refractivity contribution in [3.05, 3.63) is 65.5 Å². The molecule has 2 aromatic rings. The first kappa shape index (κ1) is 16.2. The second kappa shape index (κ2) is 7.17. The van der Waals surface area contributed by atoms with Gasteiger partial charge in [0.1, 0.15) is 5.82 Å². The van der Waals surface area contributed by atoms with Crippen LogP contribution in [-0.4, -0.2) is 17.7 Å². The standard InChI is InChI=1S/C16H14FN3O3/c1-10(21)18-12-8-6-11(7-9-12)15(22)19-20-16(23)13-4-2-3-5-14(13)17/h2-9H,1H3,(H,18,21)(H,19,22)(H,20,23). The molecule has 0 saturated carbocycles. The largest absolute Gasteiger partial charge is 0.326 e. The van der Waals surface area contributed by atoms with E-state index in [4.69, 9.17) is 0 Å². The molecule has 3 N–H and O–H groups in total. The van der Waals surface area contributed by atoms with Gasteiger partial charge in [0, 0.05) is 18.2 Å². The minimum atomic E-state index is -0.758. The predicted octanol–water partition coefficient (Wildman–Crippen LogP) is 1.86. The Kier molecular flexibility index (Phi) is 5.03. The van der Waals surface area contributed by atoms with Crippen molar-refractivity contribution in [2.45, 2.75) is 6.92 Å². The van der Waals surface area contributed by atoms with E-state index in [1.807, 2.05) is 0 Å². The van der Waals surface area contributed by atoms with Crippen molar-refractivity contribution in [1.82, 2.24) is 10.9 Å². The fourth-order valence-corrected chi connectivity index (χ4v) is 1.81. The van der Waals surface area contributed by atoms with Crippen LogP contribution in [0.5, 0.6) is 0 Å². The van der Waals surface area contributed by atoms with Gasteiger partial charge in [0.2, 0.25) is 5.91 Å². The van der Waals surface area contributed by atoms with Crippen molar-refractivity contribution in [1.29, 1.82) is 0 Å². The first-order valence-corrected chi connectivity index (χ1v) is 6.70. The maximum absolute atomic E-state index is 13.4. The number of hydrogen-bond acceptors (Lipinski definition) is 3. The van der Waals surface area contributed by atoms with Crippen molar-refractivity contribution in [2.24, 2.45) is 0 Å². The zero-order valence-electron chi connectivity index (χ0n) is 12.2. The number of hydrogen-bond donors (Lipinski definition) is 3. The molecule has 0 aliphatic heterocycles. The van der Waals surface area contributed by atoms with Crippen LogP contribution in [0.1, 0.15) is 27.6 Å². The molecule has 0 atom stereocenters. The van der Waals surface area contributed by atoms with E-state index < -0.39 is 17.6 Å². The number of benzene rings is 2. The second-order valence-corrected chi connectivity index (χ2v) is 4.65. The molecule has 0 heterocycles. The second-order valence-electron chi connectivity index (χ2n) is 4.65. The molecule has 0 bridgehead atoms. The number of rotatable bonds is 3. The molecule has 0 radical (unpaired) electrons. The summed E-state index contributed by atoms with van der Waals surface area (Å²) in [6.07, 6.45) is 0. The van der Waals surface area contributed by atoms with E-state index in [0.29, 0.717) is 5.69 Å². The lowest BCUT2D eigenvalue weighted by Crippen LogP contribution is -2.41. The van der Waals surface area contributed by atoms with Crippen LogP contribution in [0.3, 0.4) is 0 Å². The molecule has 0 aliphatic carbocycles. The molecule has 3 amide bonds. The van der Waals surface area contributed by atoms with Gasteiger partial charge in [0.05, 0.1) is 5.56 Å². The average molecular weight is 315 g/mol. The summed E-state index contributed by atoms with van der Waals surface area (Å²) in [5.74, 6) is -2.23. The molecular formula is C16H14FN3O3. The Morgan fingerprint density at radius 2 is 1.48 bits per heavy atom. The van der Waals surface area contributed by atoms with Crippen molar-refractivity contribution < 1.29 is 18.8 Å². The molecule has 0 aliphatic rings. The quantitative estimate of drug-likeness (QED) is 0.756. The molecule has 2 aromatic carbocycles. The SMILES string of the molecule is CC(=O)Nc1ccc(C(=O)NNC(=O)c2ccccc2F)cc1. The van der Waals surface area contributed by atoms with Crippen LogP contribution in [0.25, 0.3) is 0 Å². The number of halogens is 1. The van der Waals surface area contributed by atoms with E-state index in [-0.39, 0.29) is 17.0 Å². The summed E-state index contributed by atoms with van der Waals surface area (Å²) >= 11 is 0. The fourth-order valence-electron chi connectivity index (χ4n) is 1.81. The number of carbonyl (C=O) groups is 3. The molecule has 0 fully saturated rings. The van der Waals surface area contributed by atoms with E-state index in [9.17, 15) is 18.8 Å². The molecule has 2 rings (SSSR count). The monoisotopic (exact) mass is 315 g/mol. The van der Waals surface area contributed by atoms with Gasteiger partial charge < -0.3 is 5.32 Å². The fraction of sp³-hybridized carbons (Fsp3) is 0.0625. The number of amides is 3. The first-order valence-electron chi connectivity index (χ1n) is 6.70. The van der Waals surface area contributed by atoms with Gasteiger partial charge >= 0.3 is 0 Å².